The van der Waals surface area contributed by atoms with Gasteiger partial charge in [0.2, 0.25) is 6.10 Å². The van der Waals surface area contributed by atoms with E-state index in [0.29, 0.717) is 10.8 Å². The third kappa shape index (κ3) is 2.94. The van der Waals surface area contributed by atoms with Crippen molar-refractivity contribution in [3.05, 3.63) is 33.3 Å². The van der Waals surface area contributed by atoms with Crippen molar-refractivity contribution in [1.29, 1.82) is 0 Å². The minimum Gasteiger partial charge on any atom is -0.474 e. The molecule has 0 bridgehead atoms. The first-order valence-corrected chi connectivity index (χ1v) is 6.39. The highest BCUT2D eigenvalue weighted by atomic mass is 79.9. The molecule has 8 heteroatoms. The van der Waals surface area contributed by atoms with Crippen molar-refractivity contribution in [2.24, 2.45) is 0 Å². The molecule has 0 amide bonds. The molecule has 4 nitrogen and oxygen atoms in total. The molecular formula is C13H8BrF3O4. The molecule has 0 aliphatic carbocycles. The fraction of sp³-hybridized carbons (Fsp3) is 0.231. The zero-order valence-corrected chi connectivity index (χ0v) is 12.1. The molecule has 2 rings (SSSR count). The number of benzene rings is 1. The van der Waals surface area contributed by atoms with Gasteiger partial charge >= 0.3 is 12.1 Å². The van der Waals surface area contributed by atoms with Gasteiger partial charge in [-0.3, -0.25) is 4.79 Å². The van der Waals surface area contributed by atoms with Crippen LogP contribution in [-0.4, -0.2) is 31.6 Å². The van der Waals surface area contributed by atoms with Gasteiger partial charge in [0.05, 0.1) is 18.2 Å². The topological polar surface area (TPSA) is 52.6 Å². The van der Waals surface area contributed by atoms with Crippen LogP contribution in [0, 0.1) is 0 Å². The van der Waals surface area contributed by atoms with E-state index in [1.165, 1.54) is 12.1 Å². The van der Waals surface area contributed by atoms with E-state index in [-0.39, 0.29) is 16.9 Å². The number of esters is 1. The lowest BCUT2D eigenvalue weighted by molar-refractivity contribution is -0.187. The van der Waals surface area contributed by atoms with Crippen LogP contribution in [-0.2, 0) is 9.53 Å². The summed E-state index contributed by atoms with van der Waals surface area (Å²) in [7, 11) is 0.976. The van der Waals surface area contributed by atoms with Gasteiger partial charge in [0, 0.05) is 10.0 Å². The van der Waals surface area contributed by atoms with Gasteiger partial charge in [-0.05, 0) is 18.2 Å². The zero-order chi connectivity index (χ0) is 15.8. The fourth-order valence-electron chi connectivity index (χ4n) is 1.92. The molecule has 1 aromatic carbocycles. The molecule has 0 saturated carbocycles. The first-order valence-electron chi connectivity index (χ1n) is 5.60. The van der Waals surface area contributed by atoms with Crippen molar-refractivity contribution >= 4 is 34.3 Å². The largest absolute Gasteiger partial charge is 0.474 e. The lowest BCUT2D eigenvalue weighted by Gasteiger charge is -2.28. The van der Waals surface area contributed by atoms with Crippen molar-refractivity contribution < 1.29 is 32.2 Å². The summed E-state index contributed by atoms with van der Waals surface area (Å²) in [6, 6.07) is 2.77. The summed E-state index contributed by atoms with van der Waals surface area (Å²) in [5, 5.41) is 0. The summed E-state index contributed by atoms with van der Waals surface area (Å²) in [5.74, 6) is -1.36. The first-order chi connectivity index (χ1) is 9.77. The quantitative estimate of drug-likeness (QED) is 0.597. The normalized spacial score (nSPS) is 17.4. The summed E-state index contributed by atoms with van der Waals surface area (Å²) in [4.78, 5) is 22.5. The van der Waals surface area contributed by atoms with Crippen LogP contribution in [0.3, 0.4) is 0 Å². The van der Waals surface area contributed by atoms with Gasteiger partial charge in [0.1, 0.15) is 5.75 Å². The molecule has 1 aliphatic rings. The molecule has 21 heavy (non-hydrogen) atoms. The minimum atomic E-state index is -4.81. The smallest absolute Gasteiger partial charge is 0.430 e. The molecule has 0 unspecified atom stereocenters. The summed E-state index contributed by atoms with van der Waals surface area (Å²) in [5.41, 5.74) is -0.534. The maximum atomic E-state index is 13.0. The number of carbonyl (C=O) groups is 2. The molecule has 1 aromatic rings. The van der Waals surface area contributed by atoms with Crippen molar-refractivity contribution in [2.75, 3.05) is 7.11 Å². The maximum Gasteiger partial charge on any atom is 0.430 e. The molecule has 0 spiro atoms. The number of methoxy groups -OCH3 is 1. The Kier molecular flexibility index (Phi) is 4.08. The van der Waals surface area contributed by atoms with E-state index in [9.17, 15) is 22.8 Å². The summed E-state index contributed by atoms with van der Waals surface area (Å²) in [6.45, 7) is 0. The Labute approximate surface area is 125 Å². The van der Waals surface area contributed by atoms with E-state index in [1.807, 2.05) is 0 Å². The van der Waals surface area contributed by atoms with Crippen LogP contribution >= 0.6 is 15.9 Å². The number of fused-ring (bicyclic) bond motifs is 1. The van der Waals surface area contributed by atoms with E-state index in [4.69, 9.17) is 4.74 Å². The number of halogens is 4. The van der Waals surface area contributed by atoms with Crippen LogP contribution in [0.4, 0.5) is 13.2 Å². The van der Waals surface area contributed by atoms with Crippen LogP contribution in [0.1, 0.15) is 15.9 Å². The van der Waals surface area contributed by atoms with Crippen LogP contribution in [0.5, 0.6) is 5.75 Å². The Morgan fingerprint density at radius 3 is 2.62 bits per heavy atom. The van der Waals surface area contributed by atoms with E-state index >= 15 is 0 Å². The average Bonchev–Trinajstić information content (AvgIpc) is 2.42. The van der Waals surface area contributed by atoms with E-state index < -0.39 is 23.8 Å². The Morgan fingerprint density at radius 1 is 1.43 bits per heavy atom. The van der Waals surface area contributed by atoms with Gasteiger partial charge in [-0.25, -0.2) is 4.79 Å². The van der Waals surface area contributed by atoms with Crippen LogP contribution in [0.15, 0.2) is 22.2 Å². The predicted octanol–water partition coefficient (Wildman–Crippen LogP) is 3.14. The zero-order valence-electron chi connectivity index (χ0n) is 10.5. The second-order valence-corrected chi connectivity index (χ2v) is 5.08. The molecule has 1 aliphatic heterocycles. The molecule has 0 radical (unpaired) electrons. The van der Waals surface area contributed by atoms with Crippen molar-refractivity contribution in [3.63, 3.8) is 0 Å². The van der Waals surface area contributed by atoms with Gasteiger partial charge in [-0.1, -0.05) is 15.9 Å². The highest BCUT2D eigenvalue weighted by molar-refractivity contribution is 9.10. The fourth-order valence-corrected chi connectivity index (χ4v) is 2.41. The lowest BCUT2D eigenvalue weighted by atomic mass is 9.99. The number of hydrogen-bond acceptors (Lipinski definition) is 4. The van der Waals surface area contributed by atoms with Gasteiger partial charge in [-0.15, -0.1) is 0 Å². The highest BCUT2D eigenvalue weighted by Gasteiger charge is 2.49. The number of carbonyl (C=O) groups excluding carboxylic acids is 2. The van der Waals surface area contributed by atoms with Crippen LogP contribution < -0.4 is 4.74 Å². The number of ether oxygens (including phenoxy) is 2. The SMILES string of the molecule is COC(=O)C1=Cc2cc(Br)cc(C=O)c2O[C@@H]1C(F)(F)F. The standard InChI is InChI=1S/C13H8BrF3O4/c1-20-12(19)9-4-6-2-8(14)3-7(5-18)10(6)21-11(9)13(15,16)17/h2-5,11H,1H3/t11-/m0/s1. The van der Waals surface area contributed by atoms with Crippen LogP contribution in [0.25, 0.3) is 6.08 Å². The monoisotopic (exact) mass is 364 g/mol. The van der Waals surface area contributed by atoms with Crippen molar-refractivity contribution in [2.45, 2.75) is 12.3 Å². The summed E-state index contributed by atoms with van der Waals surface area (Å²) in [6.07, 6.45) is -5.89. The average molecular weight is 365 g/mol. The Morgan fingerprint density at radius 2 is 2.10 bits per heavy atom. The molecule has 0 saturated heterocycles. The molecule has 0 fully saturated rings. The lowest BCUT2D eigenvalue weighted by Crippen LogP contribution is -2.40. The Hall–Kier alpha value is -1.83. The molecule has 0 N–H and O–H groups in total. The minimum absolute atomic E-state index is 0.0474. The summed E-state index contributed by atoms with van der Waals surface area (Å²) >= 11 is 3.13. The molecule has 112 valence electrons. The number of hydrogen-bond donors (Lipinski definition) is 0. The number of rotatable bonds is 2. The van der Waals surface area contributed by atoms with Crippen LogP contribution in [0.2, 0.25) is 0 Å². The number of alkyl halides is 3. The molecule has 1 heterocycles. The molecule has 0 aromatic heterocycles. The second kappa shape index (κ2) is 5.51. The predicted molar refractivity (Wildman–Crippen MR) is 70.0 cm³/mol. The van der Waals surface area contributed by atoms with E-state index in [0.717, 1.165) is 13.2 Å². The number of aldehydes is 1. The third-order valence-electron chi connectivity index (χ3n) is 2.79. The first kappa shape index (κ1) is 15.6. The second-order valence-electron chi connectivity index (χ2n) is 4.16. The van der Waals surface area contributed by atoms with E-state index in [2.05, 4.69) is 20.7 Å². The Balaban J connectivity index is 2.64. The van der Waals surface area contributed by atoms with Gasteiger partial charge in [0.25, 0.3) is 0 Å². The van der Waals surface area contributed by atoms with E-state index in [1.54, 1.807) is 0 Å². The van der Waals surface area contributed by atoms with Gasteiger partial charge < -0.3 is 9.47 Å². The molecular weight excluding hydrogens is 357 g/mol. The van der Waals surface area contributed by atoms with Crippen molar-refractivity contribution in [1.82, 2.24) is 0 Å². The Bertz CT molecular complexity index is 637. The highest BCUT2D eigenvalue weighted by Crippen LogP contribution is 2.40. The van der Waals surface area contributed by atoms with Crippen molar-refractivity contribution in [3.8, 4) is 5.75 Å². The van der Waals surface area contributed by atoms with Gasteiger partial charge in [-0.2, -0.15) is 13.2 Å². The summed E-state index contributed by atoms with van der Waals surface area (Å²) < 4.78 is 48.8. The maximum absolute atomic E-state index is 13.0. The van der Waals surface area contributed by atoms with Gasteiger partial charge in [0.15, 0.2) is 6.29 Å². The molecule has 1 atom stereocenters. The third-order valence-corrected chi connectivity index (χ3v) is 3.24.